The van der Waals surface area contributed by atoms with Crippen LogP contribution in [0, 0.1) is 0 Å². The van der Waals surface area contributed by atoms with Crippen LogP contribution < -0.4 is 4.90 Å². The van der Waals surface area contributed by atoms with Crippen LogP contribution in [-0.2, 0) is 11.8 Å². The van der Waals surface area contributed by atoms with Crippen molar-refractivity contribution in [3.8, 4) is 50.2 Å². The molecule has 2 nitrogen and oxygen atoms in total. The largest absolute Gasteiger partial charge is 0.310 e. The minimum absolute atomic E-state index is 0.0153. The van der Waals surface area contributed by atoms with E-state index in [1.54, 1.807) is 0 Å². The molecule has 0 saturated heterocycles. The zero-order valence-corrected chi connectivity index (χ0v) is 39.9. The van der Waals surface area contributed by atoms with Gasteiger partial charge in [-0.1, -0.05) is 196 Å². The van der Waals surface area contributed by atoms with Crippen molar-refractivity contribution in [1.29, 1.82) is 0 Å². The average molecular weight is 907 g/mol. The van der Waals surface area contributed by atoms with Crippen LogP contribution in [0.3, 0.4) is 0 Å². The maximum absolute atomic E-state index is 2.51. The highest BCUT2D eigenvalue weighted by molar-refractivity contribution is 6.11. The lowest BCUT2D eigenvalue weighted by atomic mass is 9.73. The van der Waals surface area contributed by atoms with Gasteiger partial charge in [-0.05, 0) is 156 Å². The summed E-state index contributed by atoms with van der Waals surface area (Å²) >= 11 is 0. The molecule has 11 aromatic carbocycles. The smallest absolute Gasteiger partial charge is 0.0542 e. The Morgan fingerprint density at radius 1 is 0.380 bits per heavy atom. The van der Waals surface area contributed by atoms with Gasteiger partial charge >= 0.3 is 0 Å². The Hall–Kier alpha value is -8.72. The van der Waals surface area contributed by atoms with Crippen molar-refractivity contribution in [2.75, 3.05) is 4.90 Å². The molecule has 0 bridgehead atoms. The molecule has 12 aromatic rings. The van der Waals surface area contributed by atoms with E-state index in [4.69, 9.17) is 0 Å². The summed E-state index contributed by atoms with van der Waals surface area (Å²) in [6.45, 7) is 4.74. The van der Waals surface area contributed by atoms with Gasteiger partial charge in [0.15, 0.2) is 0 Å². The standard InChI is InChI=1S/C69H50N2/c1-69(2)65-27-15-13-25-57(65)63-41-48(33-39-66(63)69)60-44-62-55-23-11-9-21-53(55)59(43-61(62)56-24-12-10-22-54(56)60)47-31-36-51(37-32-47)70(50-34-29-46(30-35-50)45-17-5-3-6-18-45)52-38-40-68-64(42-52)58-26-14-16-28-67(58)71(68)49-19-7-4-8-20-49/h3-43,60H,44H2,1-2H3. The van der Waals surface area contributed by atoms with Crippen molar-refractivity contribution < 1.29 is 0 Å². The molecule has 0 N–H and O–H groups in total. The van der Waals surface area contributed by atoms with Crippen molar-refractivity contribution in [3.63, 3.8) is 0 Å². The van der Waals surface area contributed by atoms with Gasteiger partial charge in [-0.3, -0.25) is 0 Å². The van der Waals surface area contributed by atoms with Crippen molar-refractivity contribution in [1.82, 2.24) is 4.57 Å². The summed E-state index contributed by atoms with van der Waals surface area (Å²) < 4.78 is 2.39. The first-order valence-corrected chi connectivity index (χ1v) is 25.0. The molecule has 71 heavy (non-hydrogen) atoms. The quantitative estimate of drug-likeness (QED) is 0.155. The summed E-state index contributed by atoms with van der Waals surface area (Å²) in [5.74, 6) is 0.246. The predicted octanol–water partition coefficient (Wildman–Crippen LogP) is 18.4. The van der Waals surface area contributed by atoms with Crippen LogP contribution in [0.1, 0.15) is 47.6 Å². The Bertz CT molecular complexity index is 4030. The van der Waals surface area contributed by atoms with Gasteiger partial charge in [0, 0.05) is 44.9 Å². The van der Waals surface area contributed by atoms with Gasteiger partial charge in [-0.15, -0.1) is 0 Å². The number of rotatable bonds is 7. The number of anilines is 3. The van der Waals surface area contributed by atoms with Gasteiger partial charge in [0.25, 0.3) is 0 Å². The van der Waals surface area contributed by atoms with Crippen LogP contribution >= 0.6 is 0 Å². The lowest BCUT2D eigenvalue weighted by Gasteiger charge is -2.31. The third kappa shape index (κ3) is 6.55. The minimum Gasteiger partial charge on any atom is -0.310 e. The number of hydrogen-bond acceptors (Lipinski definition) is 1. The number of fused-ring (bicyclic) bond motifs is 11. The van der Waals surface area contributed by atoms with Gasteiger partial charge < -0.3 is 9.47 Å². The van der Waals surface area contributed by atoms with Crippen LogP contribution in [-0.4, -0.2) is 4.57 Å². The number of benzene rings is 11. The van der Waals surface area contributed by atoms with Crippen LogP contribution in [0.4, 0.5) is 17.1 Å². The van der Waals surface area contributed by atoms with Crippen molar-refractivity contribution in [2.45, 2.75) is 31.6 Å². The Balaban J connectivity index is 0.880. The van der Waals surface area contributed by atoms with E-state index in [9.17, 15) is 0 Å². The van der Waals surface area contributed by atoms with Gasteiger partial charge in [0.1, 0.15) is 0 Å². The summed E-state index contributed by atoms with van der Waals surface area (Å²) in [6.07, 6.45) is 0.947. The zero-order valence-electron chi connectivity index (χ0n) is 39.9. The summed E-state index contributed by atoms with van der Waals surface area (Å²) in [5, 5.41) is 5.07. The lowest BCUT2D eigenvalue weighted by Crippen LogP contribution is -2.16. The number of hydrogen-bond donors (Lipinski definition) is 0. The van der Waals surface area contributed by atoms with Crippen LogP contribution in [0.15, 0.2) is 249 Å². The molecule has 2 aliphatic rings. The third-order valence-electron chi connectivity index (χ3n) is 15.8. The fourth-order valence-electron chi connectivity index (χ4n) is 12.4. The third-order valence-corrected chi connectivity index (χ3v) is 15.8. The predicted molar refractivity (Wildman–Crippen MR) is 299 cm³/mol. The molecule has 0 amide bonds. The molecular formula is C69H50N2. The van der Waals surface area contributed by atoms with Gasteiger partial charge in [-0.25, -0.2) is 0 Å². The Kier molecular flexibility index (Phi) is 9.41. The molecule has 1 unspecified atom stereocenters. The zero-order chi connectivity index (χ0) is 47.2. The molecule has 14 rings (SSSR count). The van der Waals surface area contributed by atoms with Gasteiger partial charge in [-0.2, -0.15) is 0 Å². The van der Waals surface area contributed by atoms with E-state index in [1.165, 1.54) is 105 Å². The highest BCUT2D eigenvalue weighted by Crippen LogP contribution is 2.52. The molecular weight excluding hydrogens is 857 g/mol. The summed E-state index contributed by atoms with van der Waals surface area (Å²) in [4.78, 5) is 2.41. The maximum atomic E-state index is 2.51. The first-order chi connectivity index (χ1) is 35.0. The van der Waals surface area contributed by atoms with E-state index in [0.717, 1.165) is 29.2 Å². The molecule has 0 fully saturated rings. The van der Waals surface area contributed by atoms with E-state index in [1.807, 2.05) is 0 Å². The normalized spacial score (nSPS) is 14.3. The molecule has 0 saturated carbocycles. The van der Waals surface area contributed by atoms with Crippen LogP contribution in [0.2, 0.25) is 0 Å². The van der Waals surface area contributed by atoms with E-state index in [-0.39, 0.29) is 11.3 Å². The van der Waals surface area contributed by atoms with Crippen molar-refractivity contribution in [3.05, 3.63) is 277 Å². The summed E-state index contributed by atoms with van der Waals surface area (Å²) in [6, 6.07) is 92.4. The number of aromatic nitrogens is 1. The molecule has 1 heterocycles. The monoisotopic (exact) mass is 906 g/mol. The Labute approximate surface area is 415 Å². The summed E-state index contributed by atoms with van der Waals surface area (Å²) in [5.41, 5.74) is 24.2. The molecule has 1 atom stereocenters. The topological polar surface area (TPSA) is 8.17 Å². The van der Waals surface area contributed by atoms with Crippen LogP contribution in [0.25, 0.3) is 82.8 Å². The maximum Gasteiger partial charge on any atom is 0.0542 e. The van der Waals surface area contributed by atoms with Gasteiger partial charge in [0.2, 0.25) is 0 Å². The van der Waals surface area contributed by atoms with Crippen molar-refractivity contribution >= 4 is 49.6 Å². The van der Waals surface area contributed by atoms with Crippen molar-refractivity contribution in [2.24, 2.45) is 0 Å². The highest BCUT2D eigenvalue weighted by Gasteiger charge is 2.36. The fraction of sp³-hybridized carbons (Fsp3) is 0.0725. The molecule has 1 aromatic heterocycles. The van der Waals surface area contributed by atoms with Gasteiger partial charge in [0.05, 0.1) is 11.0 Å². The second-order valence-corrected chi connectivity index (χ2v) is 20.0. The molecule has 2 heteroatoms. The fourth-order valence-corrected chi connectivity index (χ4v) is 12.4. The Morgan fingerprint density at radius 3 is 1.73 bits per heavy atom. The first-order valence-electron chi connectivity index (χ1n) is 25.0. The Morgan fingerprint density at radius 2 is 0.958 bits per heavy atom. The lowest BCUT2D eigenvalue weighted by molar-refractivity contribution is 0.659. The molecule has 336 valence electrons. The van der Waals surface area contributed by atoms with Crippen LogP contribution in [0.5, 0.6) is 0 Å². The average Bonchev–Trinajstić information content (AvgIpc) is 3.89. The SMILES string of the molecule is CC1(C)c2ccccc2-c2cc(C3Cc4c(cc(-c5ccc(N(c6ccc(-c7ccccc7)cc6)c6ccc7c(c6)c6ccccc6n7-c6ccccc6)cc5)c5ccccc45)-c4ccccc43)ccc21. The first kappa shape index (κ1) is 41.3. The van der Waals surface area contributed by atoms with E-state index in [0.29, 0.717) is 0 Å². The molecule has 0 aliphatic heterocycles. The molecule has 2 aliphatic carbocycles. The number of nitrogens with zero attached hydrogens (tertiary/aromatic N) is 2. The second kappa shape index (κ2) is 16.2. The number of para-hydroxylation sites is 2. The second-order valence-electron chi connectivity index (χ2n) is 20.0. The molecule has 0 radical (unpaired) electrons. The van der Waals surface area contributed by atoms with E-state index >= 15 is 0 Å². The summed E-state index contributed by atoms with van der Waals surface area (Å²) in [7, 11) is 0. The van der Waals surface area contributed by atoms with E-state index < -0.39 is 0 Å². The molecule has 0 spiro atoms. The minimum atomic E-state index is -0.0153. The highest BCUT2D eigenvalue weighted by atomic mass is 15.1. The van der Waals surface area contributed by atoms with E-state index in [2.05, 4.69) is 272 Å².